The Morgan fingerprint density at radius 3 is 2.20 bits per heavy atom. The molecule has 0 bridgehead atoms. The van der Waals surface area contributed by atoms with Crippen molar-refractivity contribution in [3.63, 3.8) is 0 Å². The first-order chi connectivity index (χ1) is 6.79. The van der Waals surface area contributed by atoms with Crippen LogP contribution in [0.5, 0.6) is 0 Å². The summed E-state index contributed by atoms with van der Waals surface area (Å²) in [4.78, 5) is 10.8. The van der Waals surface area contributed by atoms with Gasteiger partial charge in [0.2, 0.25) is 0 Å². The summed E-state index contributed by atoms with van der Waals surface area (Å²) < 4.78 is 27.0. The minimum Gasteiger partial charge on any atom is -0.298 e. The molecule has 0 aliphatic heterocycles. The van der Waals surface area contributed by atoms with Crippen LogP contribution >= 0.6 is 15.9 Å². The van der Waals surface area contributed by atoms with Crippen molar-refractivity contribution >= 4 is 35.5 Å². The van der Waals surface area contributed by atoms with E-state index in [2.05, 4.69) is 15.9 Å². The monoisotopic (exact) mass is 292 g/mol. The van der Waals surface area contributed by atoms with Gasteiger partial charge in [0.1, 0.15) is 6.29 Å². The predicted octanol–water partition coefficient (Wildman–Crippen LogP) is 3.09. The number of aldehydes is 1. The molecule has 0 N–H and O–H groups in total. The standard InChI is InChI=1S/C10H11BrF2OSi/c1-15(2,3)10-6(5-14)4-7(11)8(12)9(10)13/h4-5H,1-3H3. The van der Waals surface area contributed by atoms with Gasteiger partial charge in [-0.3, -0.25) is 4.79 Å². The molecular weight excluding hydrogens is 282 g/mol. The van der Waals surface area contributed by atoms with E-state index >= 15 is 0 Å². The van der Waals surface area contributed by atoms with Gasteiger partial charge < -0.3 is 0 Å². The highest BCUT2D eigenvalue weighted by Gasteiger charge is 2.27. The van der Waals surface area contributed by atoms with E-state index < -0.39 is 19.7 Å². The summed E-state index contributed by atoms with van der Waals surface area (Å²) in [6.45, 7) is 5.60. The Morgan fingerprint density at radius 1 is 1.27 bits per heavy atom. The summed E-state index contributed by atoms with van der Waals surface area (Å²) in [5.74, 6) is -1.82. The molecule has 1 rings (SSSR count). The number of rotatable bonds is 2. The lowest BCUT2D eigenvalue weighted by Gasteiger charge is -2.20. The van der Waals surface area contributed by atoms with Gasteiger partial charge in [-0.05, 0) is 27.2 Å². The zero-order chi connectivity index (χ0) is 11.8. The van der Waals surface area contributed by atoms with Crippen LogP contribution in [0.2, 0.25) is 19.6 Å². The van der Waals surface area contributed by atoms with Crippen molar-refractivity contribution in [3.8, 4) is 0 Å². The van der Waals surface area contributed by atoms with Crippen molar-refractivity contribution in [2.75, 3.05) is 0 Å². The van der Waals surface area contributed by atoms with Gasteiger partial charge in [-0.2, -0.15) is 0 Å². The maximum absolute atomic E-state index is 13.7. The van der Waals surface area contributed by atoms with Gasteiger partial charge in [-0.15, -0.1) is 0 Å². The van der Waals surface area contributed by atoms with E-state index in [-0.39, 0.29) is 15.2 Å². The van der Waals surface area contributed by atoms with Crippen molar-refractivity contribution in [1.82, 2.24) is 0 Å². The Bertz CT molecular complexity index is 413. The van der Waals surface area contributed by atoms with Crippen molar-refractivity contribution in [2.24, 2.45) is 0 Å². The van der Waals surface area contributed by atoms with Crippen LogP contribution in [0.1, 0.15) is 10.4 Å². The molecule has 0 unspecified atom stereocenters. The van der Waals surface area contributed by atoms with Crippen LogP contribution in [-0.4, -0.2) is 14.4 Å². The molecular formula is C10H11BrF2OSi. The van der Waals surface area contributed by atoms with Crippen LogP contribution in [0.3, 0.4) is 0 Å². The Balaban J connectivity index is 3.62. The van der Waals surface area contributed by atoms with Crippen LogP contribution in [0.25, 0.3) is 0 Å². The van der Waals surface area contributed by atoms with E-state index in [1.165, 1.54) is 6.07 Å². The lowest BCUT2D eigenvalue weighted by Crippen LogP contribution is -2.43. The number of hydrogen-bond acceptors (Lipinski definition) is 1. The smallest absolute Gasteiger partial charge is 0.172 e. The fourth-order valence-electron chi connectivity index (χ4n) is 1.47. The van der Waals surface area contributed by atoms with Gasteiger partial charge >= 0.3 is 0 Å². The third kappa shape index (κ3) is 2.34. The molecule has 0 aromatic heterocycles. The number of carbonyl (C=O) groups excluding carboxylic acids is 1. The lowest BCUT2D eigenvalue weighted by atomic mass is 10.2. The first-order valence-electron chi connectivity index (χ1n) is 4.42. The molecule has 1 nitrogen and oxygen atoms in total. The summed E-state index contributed by atoms with van der Waals surface area (Å²) in [6.07, 6.45) is 0.570. The summed E-state index contributed by atoms with van der Waals surface area (Å²) in [5, 5.41) is 0.248. The molecule has 0 atom stereocenters. The number of hydrogen-bond donors (Lipinski definition) is 0. The Labute approximate surface area is 96.6 Å². The maximum atomic E-state index is 13.7. The zero-order valence-corrected chi connectivity index (χ0v) is 11.3. The van der Waals surface area contributed by atoms with E-state index in [0.717, 1.165) is 0 Å². The second-order valence-corrected chi connectivity index (χ2v) is 10.2. The van der Waals surface area contributed by atoms with Gasteiger partial charge in [0, 0.05) is 5.56 Å². The molecule has 0 fully saturated rings. The van der Waals surface area contributed by atoms with E-state index in [4.69, 9.17) is 0 Å². The number of carbonyl (C=O) groups is 1. The highest BCUT2D eigenvalue weighted by molar-refractivity contribution is 9.10. The quantitative estimate of drug-likeness (QED) is 0.465. The molecule has 82 valence electrons. The van der Waals surface area contributed by atoms with E-state index in [1.54, 1.807) is 0 Å². The lowest BCUT2D eigenvalue weighted by molar-refractivity contribution is 0.112. The third-order valence-corrected chi connectivity index (χ3v) is 4.65. The maximum Gasteiger partial charge on any atom is 0.172 e. The van der Waals surface area contributed by atoms with Crippen molar-refractivity contribution < 1.29 is 13.6 Å². The molecule has 1 aromatic carbocycles. The molecule has 0 radical (unpaired) electrons. The highest BCUT2D eigenvalue weighted by Crippen LogP contribution is 2.21. The largest absolute Gasteiger partial charge is 0.298 e. The van der Waals surface area contributed by atoms with E-state index in [1.807, 2.05) is 19.6 Å². The first kappa shape index (κ1) is 12.5. The van der Waals surface area contributed by atoms with Crippen LogP contribution in [0.15, 0.2) is 10.5 Å². The molecule has 0 aliphatic rings. The Morgan fingerprint density at radius 2 is 1.80 bits per heavy atom. The van der Waals surface area contributed by atoms with Gasteiger partial charge in [-0.1, -0.05) is 19.6 Å². The van der Waals surface area contributed by atoms with Gasteiger partial charge in [0.25, 0.3) is 0 Å². The molecule has 0 spiro atoms. The summed E-state index contributed by atoms with van der Waals surface area (Å²) in [5.41, 5.74) is 0.236. The highest BCUT2D eigenvalue weighted by atomic mass is 79.9. The topological polar surface area (TPSA) is 17.1 Å². The summed E-state index contributed by atoms with van der Waals surface area (Å²) in [6, 6.07) is 1.33. The number of halogens is 3. The average Bonchev–Trinajstić information content (AvgIpc) is 2.11. The summed E-state index contributed by atoms with van der Waals surface area (Å²) in [7, 11) is -2.06. The van der Waals surface area contributed by atoms with Crippen LogP contribution in [0, 0.1) is 11.6 Å². The van der Waals surface area contributed by atoms with Gasteiger partial charge in [-0.25, -0.2) is 8.78 Å². The van der Waals surface area contributed by atoms with E-state index in [9.17, 15) is 13.6 Å². The second kappa shape index (κ2) is 4.13. The second-order valence-electron chi connectivity index (χ2n) is 4.32. The van der Waals surface area contributed by atoms with Crippen molar-refractivity contribution in [1.29, 1.82) is 0 Å². The van der Waals surface area contributed by atoms with Crippen molar-refractivity contribution in [3.05, 3.63) is 27.7 Å². The fourth-order valence-corrected chi connectivity index (χ4v) is 3.65. The predicted molar refractivity (Wildman–Crippen MR) is 62.4 cm³/mol. The number of benzene rings is 1. The Kier molecular flexibility index (Phi) is 3.45. The van der Waals surface area contributed by atoms with E-state index in [0.29, 0.717) is 6.29 Å². The summed E-state index contributed by atoms with van der Waals surface area (Å²) >= 11 is 2.88. The SMILES string of the molecule is C[Si](C)(C)c1c(C=O)cc(Br)c(F)c1F. The molecule has 15 heavy (non-hydrogen) atoms. The normalized spacial score (nSPS) is 11.6. The molecule has 0 amide bonds. The molecule has 0 heterocycles. The third-order valence-electron chi connectivity index (χ3n) is 2.07. The van der Waals surface area contributed by atoms with Crippen LogP contribution in [-0.2, 0) is 0 Å². The van der Waals surface area contributed by atoms with Crippen LogP contribution < -0.4 is 5.19 Å². The van der Waals surface area contributed by atoms with Gasteiger partial charge in [0.15, 0.2) is 11.6 Å². The molecule has 0 saturated heterocycles. The molecule has 0 saturated carbocycles. The zero-order valence-electron chi connectivity index (χ0n) is 8.70. The Hall–Kier alpha value is -0.553. The van der Waals surface area contributed by atoms with Crippen LogP contribution in [0.4, 0.5) is 8.78 Å². The van der Waals surface area contributed by atoms with Gasteiger partial charge in [0.05, 0.1) is 12.5 Å². The molecule has 5 heteroatoms. The first-order valence-corrected chi connectivity index (χ1v) is 8.71. The minimum atomic E-state index is -2.06. The minimum absolute atomic E-state index is 0.0101. The fraction of sp³-hybridized carbons (Fsp3) is 0.300. The van der Waals surface area contributed by atoms with Crippen molar-refractivity contribution in [2.45, 2.75) is 19.6 Å². The molecule has 0 aliphatic carbocycles. The molecule has 1 aromatic rings. The average molecular weight is 293 g/mol.